The van der Waals surface area contributed by atoms with Crippen molar-refractivity contribution in [1.29, 1.82) is 0 Å². The van der Waals surface area contributed by atoms with Gasteiger partial charge in [-0.25, -0.2) is 14.6 Å². The van der Waals surface area contributed by atoms with Crippen LogP contribution in [-0.2, 0) is 9.47 Å². The molecule has 6 nitrogen and oxygen atoms in total. The van der Waals surface area contributed by atoms with Crippen LogP contribution in [0.25, 0.3) is 0 Å². The van der Waals surface area contributed by atoms with Crippen molar-refractivity contribution in [3.8, 4) is 0 Å². The lowest BCUT2D eigenvalue weighted by Crippen LogP contribution is -2.41. The number of nitrogens with zero attached hydrogens (tertiary/aromatic N) is 2. The van der Waals surface area contributed by atoms with Crippen LogP contribution in [0.5, 0.6) is 0 Å². The first-order chi connectivity index (χ1) is 10.8. The molecule has 0 saturated carbocycles. The predicted molar refractivity (Wildman–Crippen MR) is 87.9 cm³/mol. The Morgan fingerprint density at radius 1 is 1.35 bits per heavy atom. The van der Waals surface area contributed by atoms with Crippen LogP contribution in [0, 0.1) is 0 Å². The maximum Gasteiger partial charge on any atom is 0.410 e. The van der Waals surface area contributed by atoms with Gasteiger partial charge in [-0.15, -0.1) is 11.3 Å². The Bertz CT molecular complexity index is 557. The smallest absolute Gasteiger partial charge is 0.410 e. The highest BCUT2D eigenvalue weighted by Crippen LogP contribution is 2.31. The monoisotopic (exact) mass is 340 g/mol. The van der Waals surface area contributed by atoms with Crippen LogP contribution in [0.4, 0.5) is 4.79 Å². The molecule has 128 valence electrons. The molecule has 23 heavy (non-hydrogen) atoms. The zero-order valence-electron chi connectivity index (χ0n) is 14.1. The van der Waals surface area contributed by atoms with Crippen LogP contribution < -0.4 is 0 Å². The van der Waals surface area contributed by atoms with Crippen molar-refractivity contribution in [2.75, 3.05) is 19.7 Å². The summed E-state index contributed by atoms with van der Waals surface area (Å²) in [6.07, 6.45) is 2.98. The number of piperidine rings is 1. The highest BCUT2D eigenvalue weighted by molar-refractivity contribution is 7.13. The zero-order valence-corrected chi connectivity index (χ0v) is 14.9. The molecule has 0 aliphatic carbocycles. The predicted octanol–water partition coefficient (Wildman–Crippen LogP) is 3.43. The molecule has 1 aromatic rings. The first-order valence-corrected chi connectivity index (χ1v) is 8.72. The van der Waals surface area contributed by atoms with Crippen molar-refractivity contribution in [2.45, 2.75) is 52.1 Å². The Hall–Kier alpha value is -1.63. The van der Waals surface area contributed by atoms with E-state index < -0.39 is 5.60 Å². The maximum atomic E-state index is 12.1. The van der Waals surface area contributed by atoms with Crippen molar-refractivity contribution in [3.05, 3.63) is 16.1 Å². The van der Waals surface area contributed by atoms with E-state index in [2.05, 4.69) is 4.98 Å². The van der Waals surface area contributed by atoms with Crippen LogP contribution in [0.1, 0.15) is 61.1 Å². The number of hydrogen-bond acceptors (Lipinski definition) is 6. The molecule has 2 heterocycles. The van der Waals surface area contributed by atoms with E-state index in [0.717, 1.165) is 17.8 Å². The fourth-order valence-electron chi connectivity index (χ4n) is 2.41. The molecule has 2 rings (SSSR count). The van der Waals surface area contributed by atoms with E-state index in [1.807, 2.05) is 20.8 Å². The Balaban J connectivity index is 1.89. The van der Waals surface area contributed by atoms with Gasteiger partial charge in [0.05, 0.1) is 17.8 Å². The van der Waals surface area contributed by atoms with E-state index in [0.29, 0.717) is 24.6 Å². The van der Waals surface area contributed by atoms with E-state index >= 15 is 0 Å². The van der Waals surface area contributed by atoms with Crippen molar-refractivity contribution < 1.29 is 19.1 Å². The molecule has 0 aromatic carbocycles. The topological polar surface area (TPSA) is 68.7 Å². The minimum Gasteiger partial charge on any atom is -0.462 e. The number of esters is 1. The number of carbonyl (C=O) groups excluding carboxylic acids is 2. The maximum absolute atomic E-state index is 12.1. The van der Waals surface area contributed by atoms with Gasteiger partial charge < -0.3 is 14.4 Å². The summed E-state index contributed by atoms with van der Waals surface area (Å²) in [5.41, 5.74) is -0.474. The third-order valence-corrected chi connectivity index (χ3v) is 4.64. The molecule has 0 radical (unpaired) electrons. The lowest BCUT2D eigenvalue weighted by Gasteiger charge is -2.32. The molecule has 1 aliphatic heterocycles. The first-order valence-electron chi connectivity index (χ1n) is 7.91. The summed E-state index contributed by atoms with van der Waals surface area (Å²) < 4.78 is 10.4. The Labute approximate surface area is 140 Å². The average Bonchev–Trinajstić information content (AvgIpc) is 2.96. The van der Waals surface area contributed by atoms with Gasteiger partial charge in [-0.05, 0) is 40.5 Å². The quantitative estimate of drug-likeness (QED) is 0.789. The largest absolute Gasteiger partial charge is 0.462 e. The molecule has 1 fully saturated rings. The molecule has 0 atom stereocenters. The lowest BCUT2D eigenvalue weighted by molar-refractivity contribution is 0.0204. The number of amides is 1. The zero-order chi connectivity index (χ0) is 17.0. The third kappa shape index (κ3) is 4.92. The van der Waals surface area contributed by atoms with Gasteiger partial charge in [0.1, 0.15) is 10.5 Å². The number of likely N-dealkylation sites (tertiary alicyclic amines) is 1. The van der Waals surface area contributed by atoms with Gasteiger partial charge in [-0.3, -0.25) is 0 Å². The number of ether oxygens (including phenoxy) is 2. The van der Waals surface area contributed by atoms with Crippen molar-refractivity contribution in [3.63, 3.8) is 0 Å². The minimum atomic E-state index is -0.474. The van der Waals surface area contributed by atoms with Crippen LogP contribution in [0.2, 0.25) is 0 Å². The number of rotatable bonds is 3. The van der Waals surface area contributed by atoms with Crippen molar-refractivity contribution in [2.24, 2.45) is 0 Å². The third-order valence-electron chi connectivity index (χ3n) is 3.50. The summed E-state index contributed by atoms with van der Waals surface area (Å²) >= 11 is 1.39. The second-order valence-electron chi connectivity index (χ2n) is 6.52. The average molecular weight is 340 g/mol. The molecule has 1 amide bonds. The molecule has 1 saturated heterocycles. The van der Waals surface area contributed by atoms with Crippen molar-refractivity contribution in [1.82, 2.24) is 9.88 Å². The van der Waals surface area contributed by atoms with E-state index in [1.165, 1.54) is 11.3 Å². The molecule has 0 spiro atoms. The SMILES string of the molecule is CCOC(=O)c1cnc(C2CCN(C(=O)OC(C)(C)C)CC2)s1. The summed E-state index contributed by atoms with van der Waals surface area (Å²) in [5, 5.41) is 0.942. The Kier molecular flexibility index (Phi) is 5.62. The van der Waals surface area contributed by atoms with Gasteiger partial charge in [0, 0.05) is 19.0 Å². The molecule has 0 unspecified atom stereocenters. The van der Waals surface area contributed by atoms with Crippen LogP contribution >= 0.6 is 11.3 Å². The van der Waals surface area contributed by atoms with Gasteiger partial charge in [-0.1, -0.05) is 0 Å². The standard InChI is InChI=1S/C16H24N2O4S/c1-5-21-14(19)12-10-17-13(23-12)11-6-8-18(9-7-11)15(20)22-16(2,3)4/h10-11H,5-9H2,1-4H3. The molecule has 1 aliphatic rings. The van der Waals surface area contributed by atoms with Gasteiger partial charge in [0.15, 0.2) is 0 Å². The number of aromatic nitrogens is 1. The number of hydrogen-bond donors (Lipinski definition) is 0. The molecule has 7 heteroatoms. The van der Waals surface area contributed by atoms with E-state index in [-0.39, 0.29) is 18.0 Å². The van der Waals surface area contributed by atoms with Gasteiger partial charge in [0.2, 0.25) is 0 Å². The van der Waals surface area contributed by atoms with E-state index in [1.54, 1.807) is 18.0 Å². The lowest BCUT2D eigenvalue weighted by atomic mass is 9.98. The molecular weight excluding hydrogens is 316 g/mol. The summed E-state index contributed by atoms with van der Waals surface area (Å²) in [5.74, 6) is -0.0377. The Morgan fingerprint density at radius 2 is 2.00 bits per heavy atom. The van der Waals surface area contributed by atoms with E-state index in [4.69, 9.17) is 9.47 Å². The highest BCUT2D eigenvalue weighted by atomic mass is 32.1. The highest BCUT2D eigenvalue weighted by Gasteiger charge is 2.29. The fraction of sp³-hybridized carbons (Fsp3) is 0.688. The summed E-state index contributed by atoms with van der Waals surface area (Å²) in [6.45, 7) is 9.03. The van der Waals surface area contributed by atoms with Crippen LogP contribution in [0.3, 0.4) is 0 Å². The second kappa shape index (κ2) is 7.29. The van der Waals surface area contributed by atoms with E-state index in [9.17, 15) is 9.59 Å². The first kappa shape index (κ1) is 17.7. The van der Waals surface area contributed by atoms with Crippen LogP contribution in [-0.4, -0.2) is 47.2 Å². The normalized spacial score (nSPS) is 16.3. The van der Waals surface area contributed by atoms with Gasteiger partial charge in [-0.2, -0.15) is 0 Å². The number of carbonyl (C=O) groups is 2. The van der Waals surface area contributed by atoms with Gasteiger partial charge in [0.25, 0.3) is 0 Å². The molecule has 1 aromatic heterocycles. The molecule has 0 bridgehead atoms. The van der Waals surface area contributed by atoms with Gasteiger partial charge >= 0.3 is 12.1 Å². The minimum absolute atomic E-state index is 0.262. The van der Waals surface area contributed by atoms with Crippen molar-refractivity contribution >= 4 is 23.4 Å². The second-order valence-corrected chi connectivity index (χ2v) is 7.59. The number of thiazole rings is 1. The summed E-state index contributed by atoms with van der Waals surface area (Å²) in [7, 11) is 0. The fourth-order valence-corrected chi connectivity index (χ4v) is 3.39. The van der Waals surface area contributed by atoms with Crippen LogP contribution in [0.15, 0.2) is 6.20 Å². The Morgan fingerprint density at radius 3 is 2.57 bits per heavy atom. The molecule has 0 N–H and O–H groups in total. The molecular formula is C16H24N2O4S. The summed E-state index contributed by atoms with van der Waals surface area (Å²) in [4.78, 5) is 30.4. The summed E-state index contributed by atoms with van der Waals surface area (Å²) in [6, 6.07) is 0.